The summed E-state index contributed by atoms with van der Waals surface area (Å²) in [6.45, 7) is 5.56. The Bertz CT molecular complexity index is 664. The van der Waals surface area contributed by atoms with Crippen LogP contribution in [0, 0.1) is 0 Å². The highest BCUT2D eigenvalue weighted by Gasteiger charge is 2.45. The lowest BCUT2D eigenvalue weighted by atomic mass is 9.79. The van der Waals surface area contributed by atoms with Crippen molar-refractivity contribution in [3.8, 4) is 11.5 Å². The van der Waals surface area contributed by atoms with Crippen molar-refractivity contribution in [3.05, 3.63) is 23.8 Å². The third-order valence-electron chi connectivity index (χ3n) is 6.43. The molecule has 2 aliphatic heterocycles. The average molecular weight is 373 g/mol. The number of likely N-dealkylation sites (tertiary alicyclic amines) is 1. The lowest BCUT2D eigenvalue weighted by Gasteiger charge is -2.43. The van der Waals surface area contributed by atoms with Crippen molar-refractivity contribution in [1.82, 2.24) is 10.2 Å². The van der Waals surface area contributed by atoms with E-state index in [2.05, 4.69) is 17.1 Å². The van der Waals surface area contributed by atoms with Gasteiger partial charge in [-0.2, -0.15) is 0 Å². The molecule has 1 saturated heterocycles. The van der Waals surface area contributed by atoms with Crippen LogP contribution in [0.2, 0.25) is 0 Å². The number of nitrogens with one attached hydrogen (secondary N) is 1. The molecule has 1 unspecified atom stereocenters. The van der Waals surface area contributed by atoms with Crippen molar-refractivity contribution < 1.29 is 14.3 Å². The number of nitrogens with zero attached hydrogens (tertiary/aromatic N) is 1. The minimum Gasteiger partial charge on any atom is -0.490 e. The number of fused-ring (bicyclic) bond motifs is 1. The summed E-state index contributed by atoms with van der Waals surface area (Å²) in [4.78, 5) is 15.9. The van der Waals surface area contributed by atoms with Crippen molar-refractivity contribution in [2.45, 2.75) is 69.9 Å². The molecule has 0 aromatic heterocycles. The molecule has 2 fully saturated rings. The monoisotopic (exact) mass is 372 g/mol. The van der Waals surface area contributed by atoms with Gasteiger partial charge in [0.1, 0.15) is 5.54 Å². The second-order valence-corrected chi connectivity index (χ2v) is 8.24. The molecule has 1 aliphatic carbocycles. The molecule has 1 aromatic carbocycles. The van der Waals surface area contributed by atoms with Crippen molar-refractivity contribution in [2.75, 3.05) is 26.3 Å². The zero-order valence-electron chi connectivity index (χ0n) is 16.5. The Balaban J connectivity index is 1.50. The van der Waals surface area contributed by atoms with Gasteiger partial charge in [-0.3, -0.25) is 9.69 Å². The van der Waals surface area contributed by atoms with Crippen LogP contribution in [-0.2, 0) is 4.79 Å². The van der Waals surface area contributed by atoms with Gasteiger partial charge in [0, 0.05) is 6.42 Å². The van der Waals surface area contributed by atoms with E-state index < -0.39 is 0 Å². The summed E-state index contributed by atoms with van der Waals surface area (Å²) in [5.41, 5.74) is 0.772. The first-order valence-corrected chi connectivity index (χ1v) is 10.6. The number of rotatable bonds is 4. The zero-order chi connectivity index (χ0) is 18.7. The van der Waals surface area contributed by atoms with Crippen LogP contribution in [0.25, 0.3) is 0 Å². The summed E-state index contributed by atoms with van der Waals surface area (Å²) in [6.07, 6.45) is 8.87. The number of amides is 1. The van der Waals surface area contributed by atoms with Gasteiger partial charge in [-0.25, -0.2) is 0 Å². The maximum atomic E-state index is 13.4. The normalized spacial score (nSPS) is 23.4. The van der Waals surface area contributed by atoms with Crippen molar-refractivity contribution in [1.29, 1.82) is 0 Å². The van der Waals surface area contributed by atoms with Crippen LogP contribution >= 0.6 is 0 Å². The zero-order valence-corrected chi connectivity index (χ0v) is 16.5. The number of ether oxygens (including phenoxy) is 2. The predicted octanol–water partition coefficient (Wildman–Crippen LogP) is 3.82. The van der Waals surface area contributed by atoms with Gasteiger partial charge in [0.05, 0.1) is 19.3 Å². The molecule has 5 nitrogen and oxygen atoms in total. The fraction of sp³-hybridized carbons (Fsp3) is 0.682. The van der Waals surface area contributed by atoms with E-state index in [9.17, 15) is 4.79 Å². The topological polar surface area (TPSA) is 50.8 Å². The van der Waals surface area contributed by atoms with Gasteiger partial charge in [0.15, 0.2) is 11.5 Å². The highest BCUT2D eigenvalue weighted by molar-refractivity contribution is 5.87. The van der Waals surface area contributed by atoms with Gasteiger partial charge in [0.2, 0.25) is 5.91 Å². The third-order valence-corrected chi connectivity index (χ3v) is 6.43. The summed E-state index contributed by atoms with van der Waals surface area (Å²) in [6, 6.07) is 5.99. The van der Waals surface area contributed by atoms with E-state index >= 15 is 0 Å². The molecule has 1 atom stereocenters. The first-order valence-electron chi connectivity index (χ1n) is 10.6. The number of benzene rings is 1. The Morgan fingerprint density at radius 1 is 1.00 bits per heavy atom. The molecule has 1 aromatic rings. The smallest absolute Gasteiger partial charge is 0.240 e. The Kier molecular flexibility index (Phi) is 5.58. The number of hydrogen-bond acceptors (Lipinski definition) is 4. The molecule has 5 heteroatoms. The molecule has 148 valence electrons. The molecular weight excluding hydrogens is 340 g/mol. The molecule has 4 rings (SSSR count). The van der Waals surface area contributed by atoms with Crippen molar-refractivity contribution in [3.63, 3.8) is 0 Å². The lowest BCUT2D eigenvalue weighted by molar-refractivity contribution is -0.136. The van der Waals surface area contributed by atoms with Crippen LogP contribution < -0.4 is 14.8 Å². The Labute approximate surface area is 162 Å². The highest BCUT2D eigenvalue weighted by Crippen LogP contribution is 2.37. The van der Waals surface area contributed by atoms with Crippen molar-refractivity contribution >= 4 is 5.91 Å². The number of carbonyl (C=O) groups excluding carboxylic acids is 1. The summed E-state index contributed by atoms with van der Waals surface area (Å²) < 4.78 is 11.5. The van der Waals surface area contributed by atoms with Crippen LogP contribution in [-0.4, -0.2) is 42.6 Å². The molecule has 0 radical (unpaired) electrons. The molecule has 1 N–H and O–H groups in total. The molecule has 1 saturated carbocycles. The second-order valence-electron chi connectivity index (χ2n) is 8.24. The molecular formula is C22H32N2O3. The van der Waals surface area contributed by atoms with E-state index in [4.69, 9.17) is 9.47 Å². The Morgan fingerprint density at radius 3 is 2.44 bits per heavy atom. The van der Waals surface area contributed by atoms with Gasteiger partial charge >= 0.3 is 0 Å². The second kappa shape index (κ2) is 8.09. The molecule has 0 bridgehead atoms. The standard InChI is InChI=1S/C22H32N2O3/c1-17(18-8-9-19-20(16-18)27-15-7-14-26-19)23-21(25)22(10-3-2-4-11-22)24-12-5-6-13-24/h8-9,16-17H,2-7,10-15H2,1H3,(H,23,25). The highest BCUT2D eigenvalue weighted by atomic mass is 16.5. The van der Waals surface area contributed by atoms with E-state index in [1.165, 1.54) is 19.3 Å². The average Bonchev–Trinajstić information content (AvgIpc) is 3.14. The SMILES string of the molecule is CC(NC(=O)C1(N2CCCC2)CCCCC1)c1ccc2c(c1)OCCCO2. The molecule has 2 heterocycles. The Hall–Kier alpha value is -1.75. The molecule has 27 heavy (non-hydrogen) atoms. The van der Waals surface area contributed by atoms with E-state index in [-0.39, 0.29) is 17.5 Å². The molecule has 3 aliphatic rings. The summed E-state index contributed by atoms with van der Waals surface area (Å²) in [7, 11) is 0. The summed E-state index contributed by atoms with van der Waals surface area (Å²) >= 11 is 0. The van der Waals surface area contributed by atoms with Crippen LogP contribution in [0.4, 0.5) is 0 Å². The fourth-order valence-corrected chi connectivity index (χ4v) is 4.83. The van der Waals surface area contributed by atoms with Gasteiger partial charge in [-0.05, 0) is 63.4 Å². The molecule has 0 spiro atoms. The van der Waals surface area contributed by atoms with Crippen molar-refractivity contribution in [2.24, 2.45) is 0 Å². The minimum absolute atomic E-state index is 0.0453. The first-order chi connectivity index (χ1) is 13.2. The van der Waals surface area contributed by atoms with Crippen LogP contribution in [0.1, 0.15) is 69.9 Å². The maximum absolute atomic E-state index is 13.4. The quantitative estimate of drug-likeness (QED) is 0.873. The maximum Gasteiger partial charge on any atom is 0.240 e. The first kappa shape index (κ1) is 18.6. The Morgan fingerprint density at radius 2 is 1.70 bits per heavy atom. The van der Waals surface area contributed by atoms with E-state index in [1.807, 2.05) is 18.2 Å². The van der Waals surface area contributed by atoms with Gasteiger partial charge in [-0.15, -0.1) is 0 Å². The number of carbonyl (C=O) groups is 1. The fourth-order valence-electron chi connectivity index (χ4n) is 4.83. The largest absolute Gasteiger partial charge is 0.490 e. The van der Waals surface area contributed by atoms with Crippen LogP contribution in [0.15, 0.2) is 18.2 Å². The van der Waals surface area contributed by atoms with Crippen LogP contribution in [0.5, 0.6) is 11.5 Å². The lowest BCUT2D eigenvalue weighted by Crippen LogP contribution is -2.59. The van der Waals surface area contributed by atoms with E-state index in [0.29, 0.717) is 13.2 Å². The predicted molar refractivity (Wildman–Crippen MR) is 105 cm³/mol. The van der Waals surface area contributed by atoms with Crippen LogP contribution in [0.3, 0.4) is 0 Å². The number of hydrogen-bond donors (Lipinski definition) is 1. The molecule has 1 amide bonds. The minimum atomic E-state index is -0.297. The van der Waals surface area contributed by atoms with Gasteiger partial charge < -0.3 is 14.8 Å². The summed E-state index contributed by atoms with van der Waals surface area (Å²) in [5.74, 6) is 1.80. The van der Waals surface area contributed by atoms with Gasteiger partial charge in [0.25, 0.3) is 0 Å². The van der Waals surface area contributed by atoms with Gasteiger partial charge in [-0.1, -0.05) is 25.3 Å². The van der Waals surface area contributed by atoms with E-state index in [1.54, 1.807) is 0 Å². The summed E-state index contributed by atoms with van der Waals surface area (Å²) in [5, 5.41) is 3.33. The van der Waals surface area contributed by atoms with E-state index in [0.717, 1.165) is 62.3 Å². The third kappa shape index (κ3) is 3.79.